The summed E-state index contributed by atoms with van der Waals surface area (Å²) < 4.78 is 1.83. The smallest absolute Gasteiger partial charge is 0.239 e. The normalized spacial score (nSPS) is 9.75. The highest BCUT2D eigenvalue weighted by Gasteiger charge is 2.02. The Bertz CT molecular complexity index is 378. The predicted octanol–water partition coefficient (Wildman–Crippen LogP) is 0.237. The van der Waals surface area contributed by atoms with Crippen LogP contribution in [0.5, 0.6) is 0 Å². The molecule has 1 amide bonds. The first-order chi connectivity index (χ1) is 7.76. The summed E-state index contributed by atoms with van der Waals surface area (Å²) in [7, 11) is 1.88. The van der Waals surface area contributed by atoms with Crippen LogP contribution >= 0.6 is 0 Å². The van der Waals surface area contributed by atoms with Crippen LogP contribution in [0.1, 0.15) is 12.0 Å². The molecule has 16 heavy (non-hydrogen) atoms. The van der Waals surface area contributed by atoms with Crippen LogP contribution in [0.15, 0.2) is 18.5 Å². The second-order valence-corrected chi connectivity index (χ2v) is 3.48. The molecular weight excluding hydrogens is 204 g/mol. The zero-order valence-electron chi connectivity index (χ0n) is 9.36. The molecule has 2 N–H and O–H groups in total. The van der Waals surface area contributed by atoms with Crippen molar-refractivity contribution < 1.29 is 4.79 Å². The lowest BCUT2D eigenvalue weighted by Crippen LogP contribution is -2.27. The third-order valence-electron chi connectivity index (χ3n) is 2.08. The number of carbonyl (C=O) groups excluding carboxylic acids is 1. The lowest BCUT2D eigenvalue weighted by Gasteiger charge is -2.03. The average molecular weight is 220 g/mol. The van der Waals surface area contributed by atoms with Gasteiger partial charge in [-0.2, -0.15) is 5.26 Å². The van der Waals surface area contributed by atoms with Crippen molar-refractivity contribution in [1.29, 1.82) is 5.26 Å². The van der Waals surface area contributed by atoms with E-state index in [1.54, 1.807) is 0 Å². The number of carbonyl (C=O) groups is 1. The van der Waals surface area contributed by atoms with Crippen LogP contribution < -0.4 is 10.6 Å². The first kappa shape index (κ1) is 12.3. The second kappa shape index (κ2) is 6.64. The number of hydrogen-bond donors (Lipinski definition) is 2. The molecule has 0 bridgehead atoms. The topological polar surface area (TPSA) is 69.8 Å². The third-order valence-corrected chi connectivity index (χ3v) is 2.08. The van der Waals surface area contributed by atoms with E-state index < -0.39 is 0 Å². The average Bonchev–Trinajstić information content (AvgIpc) is 2.66. The van der Waals surface area contributed by atoms with Crippen LogP contribution in [0.3, 0.4) is 0 Å². The van der Waals surface area contributed by atoms with Gasteiger partial charge in [0.1, 0.15) is 6.54 Å². The fourth-order valence-corrected chi connectivity index (χ4v) is 1.38. The van der Waals surface area contributed by atoms with Crippen molar-refractivity contribution in [2.24, 2.45) is 0 Å². The van der Waals surface area contributed by atoms with Crippen molar-refractivity contribution in [2.45, 2.75) is 19.5 Å². The first-order valence-corrected chi connectivity index (χ1v) is 5.19. The van der Waals surface area contributed by atoms with E-state index in [4.69, 9.17) is 5.26 Å². The summed E-state index contributed by atoms with van der Waals surface area (Å²) >= 11 is 0. The molecule has 1 rings (SSSR count). The minimum absolute atomic E-state index is 0.0677. The Morgan fingerprint density at radius 1 is 1.62 bits per heavy atom. The molecule has 1 aromatic rings. The van der Waals surface area contributed by atoms with Crippen molar-refractivity contribution in [3.05, 3.63) is 24.0 Å². The minimum Gasteiger partial charge on any atom is -0.354 e. The molecule has 0 radical (unpaired) electrons. The van der Waals surface area contributed by atoms with Crippen LogP contribution in [0.25, 0.3) is 0 Å². The van der Waals surface area contributed by atoms with Gasteiger partial charge in [-0.3, -0.25) is 4.79 Å². The minimum atomic E-state index is -0.0677. The van der Waals surface area contributed by atoms with E-state index in [0.29, 0.717) is 19.5 Å². The summed E-state index contributed by atoms with van der Waals surface area (Å²) in [5.41, 5.74) is 1.15. The van der Waals surface area contributed by atoms with Crippen LogP contribution in [-0.4, -0.2) is 24.1 Å². The molecular formula is C11H16N4O. The highest BCUT2D eigenvalue weighted by molar-refractivity contribution is 5.75. The van der Waals surface area contributed by atoms with E-state index in [0.717, 1.165) is 12.1 Å². The van der Waals surface area contributed by atoms with E-state index in [2.05, 4.69) is 10.6 Å². The summed E-state index contributed by atoms with van der Waals surface area (Å²) in [6.07, 6.45) is 4.15. The van der Waals surface area contributed by atoms with Crippen LogP contribution in [0.4, 0.5) is 0 Å². The summed E-state index contributed by atoms with van der Waals surface area (Å²) in [5.74, 6) is -0.0677. The van der Waals surface area contributed by atoms with E-state index in [1.165, 1.54) is 0 Å². The van der Waals surface area contributed by atoms with Crippen LogP contribution in [-0.2, 0) is 17.9 Å². The molecule has 0 saturated heterocycles. The number of hydrogen-bond acceptors (Lipinski definition) is 3. The van der Waals surface area contributed by atoms with Gasteiger partial charge in [0.2, 0.25) is 5.91 Å². The summed E-state index contributed by atoms with van der Waals surface area (Å²) in [5, 5.41) is 14.0. The van der Waals surface area contributed by atoms with Crippen LogP contribution in [0, 0.1) is 11.3 Å². The van der Waals surface area contributed by atoms with Gasteiger partial charge in [0, 0.05) is 25.5 Å². The molecule has 0 spiro atoms. The molecule has 0 unspecified atom stereocenters. The molecule has 0 aliphatic carbocycles. The zero-order valence-corrected chi connectivity index (χ0v) is 9.36. The van der Waals surface area contributed by atoms with E-state index >= 15 is 0 Å². The fraction of sp³-hybridized carbons (Fsp3) is 0.455. The van der Waals surface area contributed by atoms with E-state index in [9.17, 15) is 4.79 Å². The molecule has 0 saturated carbocycles. The highest BCUT2D eigenvalue weighted by Crippen LogP contribution is 2.00. The van der Waals surface area contributed by atoms with Crippen molar-refractivity contribution in [2.75, 3.05) is 13.6 Å². The Kier molecular flexibility index (Phi) is 5.09. The number of nitrogens with zero attached hydrogens (tertiary/aromatic N) is 2. The van der Waals surface area contributed by atoms with Crippen molar-refractivity contribution in [3.8, 4) is 6.07 Å². The Balaban J connectivity index is 2.35. The third kappa shape index (κ3) is 4.15. The summed E-state index contributed by atoms with van der Waals surface area (Å²) in [4.78, 5) is 11.4. The Morgan fingerprint density at radius 3 is 3.12 bits per heavy atom. The maximum Gasteiger partial charge on any atom is 0.239 e. The predicted molar refractivity (Wildman–Crippen MR) is 60.4 cm³/mol. The largest absolute Gasteiger partial charge is 0.354 e. The van der Waals surface area contributed by atoms with Gasteiger partial charge < -0.3 is 15.2 Å². The number of nitrogens with one attached hydrogen (secondary N) is 2. The molecule has 1 aromatic heterocycles. The maximum atomic E-state index is 11.4. The Labute approximate surface area is 95.1 Å². The van der Waals surface area contributed by atoms with Crippen molar-refractivity contribution in [3.63, 3.8) is 0 Å². The summed E-state index contributed by atoms with van der Waals surface area (Å²) in [6.45, 7) is 1.51. The highest BCUT2D eigenvalue weighted by atomic mass is 16.1. The molecule has 5 nitrogen and oxygen atoms in total. The number of rotatable bonds is 6. The van der Waals surface area contributed by atoms with E-state index in [-0.39, 0.29) is 5.91 Å². The molecule has 0 atom stereocenters. The fourth-order valence-electron chi connectivity index (χ4n) is 1.38. The number of nitriles is 1. The Morgan fingerprint density at radius 2 is 2.44 bits per heavy atom. The quantitative estimate of drug-likeness (QED) is 0.675. The van der Waals surface area contributed by atoms with Crippen LogP contribution in [0.2, 0.25) is 0 Å². The molecule has 1 heterocycles. The maximum absolute atomic E-state index is 11.4. The molecule has 0 aliphatic rings. The van der Waals surface area contributed by atoms with Gasteiger partial charge in [0.15, 0.2) is 0 Å². The standard InChI is InChI=1S/C11H16N4O/c1-13-7-10-3-6-15(8-10)9-11(16)14-5-2-4-12/h3,6,8,13H,2,5,7,9H2,1H3,(H,14,16). The lowest BCUT2D eigenvalue weighted by atomic mass is 10.3. The van der Waals surface area contributed by atoms with Gasteiger partial charge >= 0.3 is 0 Å². The SMILES string of the molecule is CNCc1ccn(CC(=O)NCCC#N)c1. The molecule has 0 aromatic carbocycles. The van der Waals surface area contributed by atoms with Gasteiger partial charge in [0.05, 0.1) is 12.5 Å². The van der Waals surface area contributed by atoms with E-state index in [1.807, 2.05) is 36.1 Å². The zero-order chi connectivity index (χ0) is 11.8. The van der Waals surface area contributed by atoms with Gasteiger partial charge in [0.25, 0.3) is 0 Å². The molecule has 5 heteroatoms. The van der Waals surface area contributed by atoms with Gasteiger partial charge in [-0.05, 0) is 18.7 Å². The first-order valence-electron chi connectivity index (χ1n) is 5.19. The number of amides is 1. The van der Waals surface area contributed by atoms with Crippen molar-refractivity contribution in [1.82, 2.24) is 15.2 Å². The number of aromatic nitrogens is 1. The molecule has 86 valence electrons. The second-order valence-electron chi connectivity index (χ2n) is 3.48. The van der Waals surface area contributed by atoms with Gasteiger partial charge in [-0.1, -0.05) is 0 Å². The van der Waals surface area contributed by atoms with Crippen molar-refractivity contribution >= 4 is 5.91 Å². The Hall–Kier alpha value is -1.80. The molecule has 0 aliphatic heterocycles. The van der Waals surface area contributed by atoms with Gasteiger partial charge in [-0.15, -0.1) is 0 Å². The summed E-state index contributed by atoms with van der Waals surface area (Å²) in [6, 6.07) is 3.95. The molecule has 0 fully saturated rings. The lowest BCUT2D eigenvalue weighted by molar-refractivity contribution is -0.121. The monoisotopic (exact) mass is 220 g/mol. The van der Waals surface area contributed by atoms with Gasteiger partial charge in [-0.25, -0.2) is 0 Å².